The number of nitrogens with one attached hydrogen (secondary N) is 1. The van der Waals surface area contributed by atoms with E-state index in [-0.39, 0.29) is 23.0 Å². The van der Waals surface area contributed by atoms with Crippen LogP contribution in [0.25, 0.3) is 0 Å². The fourth-order valence-corrected chi connectivity index (χ4v) is 1.93. The van der Waals surface area contributed by atoms with Crippen molar-refractivity contribution in [3.05, 3.63) is 0 Å². The normalized spacial score (nSPS) is 28.4. The molecule has 92 valence electrons. The Bertz CT molecular complexity index is 296. The third-order valence-corrected chi connectivity index (χ3v) is 3.90. The van der Waals surface area contributed by atoms with Gasteiger partial charge in [0.05, 0.1) is 22.5 Å². The van der Waals surface area contributed by atoms with Crippen LogP contribution in [0.3, 0.4) is 0 Å². The first-order chi connectivity index (χ1) is 7.41. The van der Waals surface area contributed by atoms with Crippen LogP contribution in [0.5, 0.6) is 0 Å². The monoisotopic (exact) mass is 244 g/mol. The number of hydrogen-bond acceptors (Lipinski definition) is 3. The molecule has 4 nitrogen and oxygen atoms in total. The molecule has 0 radical (unpaired) electrons. The zero-order valence-electron chi connectivity index (χ0n) is 10.1. The van der Waals surface area contributed by atoms with Crippen molar-refractivity contribution in [2.45, 2.75) is 45.8 Å². The van der Waals surface area contributed by atoms with Gasteiger partial charge >= 0.3 is 0 Å². The van der Waals surface area contributed by atoms with Gasteiger partial charge in [-0.15, -0.1) is 0 Å². The Labute approximate surface area is 102 Å². The fourth-order valence-electron chi connectivity index (χ4n) is 1.70. The number of rotatable bonds is 4. The van der Waals surface area contributed by atoms with Gasteiger partial charge in [-0.3, -0.25) is 4.79 Å². The first-order valence-corrected chi connectivity index (χ1v) is 6.05. The summed E-state index contributed by atoms with van der Waals surface area (Å²) in [6.07, 6.45) is 1.52. The van der Waals surface area contributed by atoms with E-state index < -0.39 is 5.41 Å². The van der Waals surface area contributed by atoms with Crippen molar-refractivity contribution in [1.82, 2.24) is 5.32 Å². The van der Waals surface area contributed by atoms with Gasteiger partial charge in [0.15, 0.2) is 0 Å². The molecule has 1 fully saturated rings. The van der Waals surface area contributed by atoms with E-state index in [1.807, 2.05) is 13.8 Å². The van der Waals surface area contributed by atoms with Gasteiger partial charge in [-0.25, -0.2) is 0 Å². The minimum atomic E-state index is -0.752. The molecule has 0 bridgehead atoms. The van der Waals surface area contributed by atoms with Crippen molar-refractivity contribution < 1.29 is 9.53 Å². The van der Waals surface area contributed by atoms with E-state index in [0.717, 1.165) is 6.42 Å². The number of thiocarbonyl (C=S) groups is 1. The average Bonchev–Trinajstić information content (AvgIpc) is 2.62. The molecule has 16 heavy (non-hydrogen) atoms. The van der Waals surface area contributed by atoms with Gasteiger partial charge in [0.25, 0.3) is 0 Å². The maximum absolute atomic E-state index is 12.1. The molecule has 0 aliphatic carbocycles. The van der Waals surface area contributed by atoms with E-state index in [2.05, 4.69) is 5.32 Å². The number of ether oxygens (including phenoxy) is 1. The smallest absolute Gasteiger partial charge is 0.233 e. The molecule has 3 unspecified atom stereocenters. The van der Waals surface area contributed by atoms with Gasteiger partial charge in [0.1, 0.15) is 0 Å². The van der Waals surface area contributed by atoms with Crippen LogP contribution < -0.4 is 11.1 Å². The summed E-state index contributed by atoms with van der Waals surface area (Å²) in [4.78, 5) is 12.4. The maximum atomic E-state index is 12.1. The SMILES string of the molecule is CCC(C)(C(=O)NC1CCOC1C)C(N)=S. The van der Waals surface area contributed by atoms with Gasteiger partial charge in [-0.2, -0.15) is 0 Å². The Morgan fingerprint density at radius 3 is 2.69 bits per heavy atom. The van der Waals surface area contributed by atoms with Gasteiger partial charge in [0.2, 0.25) is 5.91 Å². The van der Waals surface area contributed by atoms with Gasteiger partial charge in [-0.05, 0) is 26.7 Å². The highest BCUT2D eigenvalue weighted by Gasteiger charge is 2.37. The number of hydrogen-bond donors (Lipinski definition) is 2. The van der Waals surface area contributed by atoms with Crippen molar-refractivity contribution in [3.63, 3.8) is 0 Å². The highest BCUT2D eigenvalue weighted by molar-refractivity contribution is 7.80. The third kappa shape index (κ3) is 2.52. The predicted molar refractivity (Wildman–Crippen MR) is 67.1 cm³/mol. The van der Waals surface area contributed by atoms with E-state index in [9.17, 15) is 4.79 Å². The van der Waals surface area contributed by atoms with Crippen LogP contribution in [0.4, 0.5) is 0 Å². The van der Waals surface area contributed by atoms with E-state index in [1.54, 1.807) is 6.92 Å². The van der Waals surface area contributed by atoms with Crippen LogP contribution in [0.15, 0.2) is 0 Å². The summed E-state index contributed by atoms with van der Waals surface area (Å²) in [6, 6.07) is 0.0766. The minimum Gasteiger partial charge on any atom is -0.392 e. The summed E-state index contributed by atoms with van der Waals surface area (Å²) in [6.45, 7) is 6.35. The molecule has 0 aromatic rings. The standard InChI is InChI=1S/C11H20N2O2S/c1-4-11(3,9(12)16)10(14)13-8-5-6-15-7(8)2/h7-8H,4-6H2,1-3H3,(H2,12,16)(H,13,14). The minimum absolute atomic E-state index is 0.0661. The molecular formula is C11H20N2O2S. The molecule has 3 atom stereocenters. The van der Waals surface area contributed by atoms with Crippen LogP contribution in [-0.2, 0) is 9.53 Å². The first-order valence-electron chi connectivity index (χ1n) is 5.64. The van der Waals surface area contributed by atoms with Crippen LogP contribution in [0, 0.1) is 5.41 Å². The summed E-state index contributed by atoms with van der Waals surface area (Å²) in [5, 5.41) is 2.97. The molecular weight excluding hydrogens is 224 g/mol. The van der Waals surface area contributed by atoms with Crippen LogP contribution >= 0.6 is 12.2 Å². The lowest BCUT2D eigenvalue weighted by Gasteiger charge is -2.28. The molecule has 0 saturated carbocycles. The maximum Gasteiger partial charge on any atom is 0.233 e. The van der Waals surface area contributed by atoms with Crippen molar-refractivity contribution in [1.29, 1.82) is 0 Å². The molecule has 1 aliphatic rings. The second kappa shape index (κ2) is 5.10. The molecule has 0 aromatic carbocycles. The van der Waals surface area contributed by atoms with E-state index in [0.29, 0.717) is 13.0 Å². The number of nitrogens with two attached hydrogens (primary N) is 1. The van der Waals surface area contributed by atoms with Crippen molar-refractivity contribution in [3.8, 4) is 0 Å². The summed E-state index contributed by atoms with van der Waals surface area (Å²) in [5.41, 5.74) is 4.88. The first kappa shape index (κ1) is 13.4. The van der Waals surface area contributed by atoms with E-state index in [1.165, 1.54) is 0 Å². The molecule has 0 aromatic heterocycles. The largest absolute Gasteiger partial charge is 0.392 e. The Morgan fingerprint density at radius 2 is 2.31 bits per heavy atom. The van der Waals surface area contributed by atoms with Crippen molar-refractivity contribution in [2.75, 3.05) is 6.61 Å². The molecule has 1 aliphatic heterocycles. The van der Waals surface area contributed by atoms with Crippen LogP contribution in [0.1, 0.15) is 33.6 Å². The van der Waals surface area contributed by atoms with Crippen molar-refractivity contribution >= 4 is 23.1 Å². The molecule has 1 amide bonds. The van der Waals surface area contributed by atoms with Crippen LogP contribution in [-0.4, -0.2) is 29.6 Å². The Kier molecular flexibility index (Phi) is 4.27. The summed E-state index contributed by atoms with van der Waals surface area (Å²) < 4.78 is 5.39. The highest BCUT2D eigenvalue weighted by atomic mass is 32.1. The van der Waals surface area contributed by atoms with E-state index >= 15 is 0 Å². The quantitative estimate of drug-likeness (QED) is 0.724. The molecule has 1 heterocycles. The Hall–Kier alpha value is -0.680. The highest BCUT2D eigenvalue weighted by Crippen LogP contribution is 2.23. The zero-order valence-corrected chi connectivity index (χ0v) is 10.9. The molecule has 3 N–H and O–H groups in total. The van der Waals surface area contributed by atoms with Crippen molar-refractivity contribution in [2.24, 2.45) is 11.1 Å². The van der Waals surface area contributed by atoms with Gasteiger partial charge < -0.3 is 15.8 Å². The van der Waals surface area contributed by atoms with E-state index in [4.69, 9.17) is 22.7 Å². The lowest BCUT2D eigenvalue weighted by atomic mass is 9.86. The molecule has 5 heteroatoms. The number of amides is 1. The average molecular weight is 244 g/mol. The lowest BCUT2D eigenvalue weighted by Crippen LogP contribution is -2.51. The van der Waals surface area contributed by atoms with Gasteiger partial charge in [0, 0.05) is 6.61 Å². The van der Waals surface area contributed by atoms with Gasteiger partial charge in [-0.1, -0.05) is 19.1 Å². The zero-order chi connectivity index (χ0) is 12.3. The lowest BCUT2D eigenvalue weighted by molar-refractivity contribution is -0.128. The van der Waals surface area contributed by atoms with Crippen LogP contribution in [0.2, 0.25) is 0 Å². The summed E-state index contributed by atoms with van der Waals surface area (Å²) >= 11 is 4.96. The second-order valence-corrected chi connectivity index (χ2v) is 4.93. The topological polar surface area (TPSA) is 64.3 Å². The Balaban J connectivity index is 2.66. The molecule has 1 rings (SSSR count). The fraction of sp³-hybridized carbons (Fsp3) is 0.818. The summed E-state index contributed by atoms with van der Waals surface area (Å²) in [5.74, 6) is -0.0927. The second-order valence-electron chi connectivity index (χ2n) is 4.49. The molecule has 1 saturated heterocycles. The number of carbonyl (C=O) groups is 1. The Morgan fingerprint density at radius 1 is 1.69 bits per heavy atom. The number of carbonyl (C=O) groups excluding carboxylic acids is 1. The summed E-state index contributed by atoms with van der Waals surface area (Å²) in [7, 11) is 0. The molecule has 0 spiro atoms. The third-order valence-electron chi connectivity index (χ3n) is 3.44. The predicted octanol–water partition coefficient (Wildman–Crippen LogP) is 0.982.